The molecule has 0 radical (unpaired) electrons. The first kappa shape index (κ1) is 17.0. The summed E-state index contributed by atoms with van der Waals surface area (Å²) in [4.78, 5) is 0. The number of nitrogens with one attached hydrogen (secondary N) is 1. The average Bonchev–Trinajstić information content (AvgIpc) is 2.54. The van der Waals surface area contributed by atoms with E-state index in [1.807, 2.05) is 19.1 Å². The summed E-state index contributed by atoms with van der Waals surface area (Å²) in [5.41, 5.74) is 2.27. The molecule has 0 aromatic heterocycles. The smallest absolute Gasteiger partial charge is 0.387 e. The van der Waals surface area contributed by atoms with Crippen LogP contribution in [0, 0.1) is 0 Å². The van der Waals surface area contributed by atoms with Crippen molar-refractivity contribution in [3.05, 3.63) is 53.6 Å². The van der Waals surface area contributed by atoms with Crippen LogP contribution in [0.3, 0.4) is 0 Å². The third-order valence-electron chi connectivity index (χ3n) is 3.42. The van der Waals surface area contributed by atoms with E-state index in [0.717, 1.165) is 11.3 Å². The van der Waals surface area contributed by atoms with Gasteiger partial charge < -0.3 is 19.9 Å². The molecule has 0 heterocycles. The third-order valence-corrected chi connectivity index (χ3v) is 3.42. The lowest BCUT2D eigenvalue weighted by Crippen LogP contribution is -2.08. The van der Waals surface area contributed by atoms with E-state index < -0.39 is 6.61 Å². The van der Waals surface area contributed by atoms with Gasteiger partial charge in [-0.2, -0.15) is 8.78 Å². The van der Waals surface area contributed by atoms with Gasteiger partial charge in [0.15, 0.2) is 0 Å². The second-order valence-electron chi connectivity index (χ2n) is 5.00. The zero-order valence-corrected chi connectivity index (χ0v) is 12.9. The Balaban J connectivity index is 2.14. The van der Waals surface area contributed by atoms with Crippen LogP contribution in [0.15, 0.2) is 42.5 Å². The molecule has 124 valence electrons. The summed E-state index contributed by atoms with van der Waals surface area (Å²) >= 11 is 0. The summed E-state index contributed by atoms with van der Waals surface area (Å²) in [5.74, 6) is 0.731. The molecule has 1 unspecified atom stereocenters. The predicted octanol–water partition coefficient (Wildman–Crippen LogP) is 3.96. The van der Waals surface area contributed by atoms with Crippen LogP contribution in [-0.4, -0.2) is 18.8 Å². The Labute approximate surface area is 133 Å². The lowest BCUT2D eigenvalue weighted by Gasteiger charge is -2.18. The number of hydrogen-bond acceptors (Lipinski definition) is 4. The van der Waals surface area contributed by atoms with Crippen molar-refractivity contribution >= 4 is 5.69 Å². The highest BCUT2D eigenvalue weighted by Crippen LogP contribution is 2.27. The molecule has 0 fully saturated rings. The molecule has 0 spiro atoms. The van der Waals surface area contributed by atoms with Gasteiger partial charge in [-0.1, -0.05) is 12.1 Å². The fraction of sp³-hybridized carbons (Fsp3) is 0.294. The van der Waals surface area contributed by atoms with E-state index >= 15 is 0 Å². The number of benzene rings is 2. The minimum Gasteiger partial charge on any atom is -0.496 e. The number of ether oxygens (including phenoxy) is 2. The Morgan fingerprint density at radius 3 is 2.61 bits per heavy atom. The number of alkyl halides is 2. The summed E-state index contributed by atoms with van der Waals surface area (Å²) in [6.45, 7) is -1.07. The van der Waals surface area contributed by atoms with Gasteiger partial charge in [0.2, 0.25) is 0 Å². The van der Waals surface area contributed by atoms with Gasteiger partial charge in [-0.05, 0) is 42.8 Å². The molecule has 0 saturated heterocycles. The Bertz CT molecular complexity index is 649. The van der Waals surface area contributed by atoms with Gasteiger partial charge in [-0.15, -0.1) is 0 Å². The van der Waals surface area contributed by atoms with Crippen LogP contribution >= 0.6 is 0 Å². The standard InChI is InChI=1S/C17H19F2NO3/c1-11(12-4-3-5-15(9-12)23-17(18)19)20-14-6-7-16(22-2)13(8-14)10-21/h3-9,11,17,20-21H,10H2,1-2H3. The Hall–Kier alpha value is -2.34. The maximum atomic E-state index is 12.3. The third kappa shape index (κ3) is 4.56. The lowest BCUT2D eigenvalue weighted by atomic mass is 10.1. The molecule has 0 aliphatic rings. The van der Waals surface area contributed by atoms with Crippen LogP contribution in [0.25, 0.3) is 0 Å². The Morgan fingerprint density at radius 1 is 1.17 bits per heavy atom. The molecular formula is C17H19F2NO3. The number of methoxy groups -OCH3 is 1. The first-order valence-electron chi connectivity index (χ1n) is 7.12. The number of aliphatic hydroxyl groups excluding tert-OH is 1. The Kier molecular flexibility index (Phi) is 5.76. The fourth-order valence-electron chi connectivity index (χ4n) is 2.29. The van der Waals surface area contributed by atoms with Crippen LogP contribution in [0.5, 0.6) is 11.5 Å². The predicted molar refractivity (Wildman–Crippen MR) is 84.0 cm³/mol. The fourth-order valence-corrected chi connectivity index (χ4v) is 2.29. The van der Waals surface area contributed by atoms with Crippen molar-refractivity contribution in [3.63, 3.8) is 0 Å². The largest absolute Gasteiger partial charge is 0.496 e. The van der Waals surface area contributed by atoms with E-state index in [4.69, 9.17) is 4.74 Å². The van der Waals surface area contributed by atoms with E-state index in [2.05, 4.69) is 10.1 Å². The molecule has 0 amide bonds. The van der Waals surface area contributed by atoms with Gasteiger partial charge in [0.1, 0.15) is 11.5 Å². The van der Waals surface area contributed by atoms with Gasteiger partial charge in [0, 0.05) is 17.3 Å². The highest BCUT2D eigenvalue weighted by molar-refractivity contribution is 5.52. The van der Waals surface area contributed by atoms with Crippen molar-refractivity contribution in [2.24, 2.45) is 0 Å². The number of hydrogen-bond donors (Lipinski definition) is 2. The molecule has 23 heavy (non-hydrogen) atoms. The molecule has 0 saturated carbocycles. The average molecular weight is 323 g/mol. The summed E-state index contributed by atoms with van der Waals surface area (Å²) in [6, 6.07) is 11.8. The van der Waals surface area contributed by atoms with Crippen LogP contribution in [-0.2, 0) is 6.61 Å². The van der Waals surface area contributed by atoms with Crippen molar-refractivity contribution in [2.75, 3.05) is 12.4 Å². The molecule has 2 aromatic rings. The van der Waals surface area contributed by atoms with Crippen LogP contribution in [0.2, 0.25) is 0 Å². The van der Waals surface area contributed by atoms with Gasteiger partial charge in [0.25, 0.3) is 0 Å². The van der Waals surface area contributed by atoms with Crippen LogP contribution in [0.4, 0.5) is 14.5 Å². The second-order valence-corrected chi connectivity index (χ2v) is 5.00. The van der Waals surface area contributed by atoms with Crippen molar-refractivity contribution < 1.29 is 23.4 Å². The normalized spacial score (nSPS) is 12.1. The number of aliphatic hydroxyl groups is 1. The molecule has 0 aliphatic heterocycles. The van der Waals surface area contributed by atoms with Gasteiger partial charge in [-0.3, -0.25) is 0 Å². The summed E-state index contributed by atoms with van der Waals surface area (Å²) in [5, 5.41) is 12.6. The topological polar surface area (TPSA) is 50.7 Å². The Morgan fingerprint density at radius 2 is 1.96 bits per heavy atom. The van der Waals surface area contributed by atoms with Crippen LogP contribution in [0.1, 0.15) is 24.1 Å². The molecule has 4 nitrogen and oxygen atoms in total. The van der Waals surface area contributed by atoms with E-state index in [0.29, 0.717) is 11.3 Å². The molecular weight excluding hydrogens is 304 g/mol. The first-order valence-corrected chi connectivity index (χ1v) is 7.12. The first-order chi connectivity index (χ1) is 11.0. The highest BCUT2D eigenvalue weighted by atomic mass is 19.3. The van der Waals surface area contributed by atoms with E-state index in [1.165, 1.54) is 6.07 Å². The molecule has 6 heteroatoms. The minimum absolute atomic E-state index is 0.122. The molecule has 0 aliphatic carbocycles. The van der Waals surface area contributed by atoms with Crippen molar-refractivity contribution in [2.45, 2.75) is 26.2 Å². The van der Waals surface area contributed by atoms with Crippen molar-refractivity contribution in [3.8, 4) is 11.5 Å². The zero-order valence-electron chi connectivity index (χ0n) is 12.9. The van der Waals surface area contributed by atoms with Gasteiger partial charge in [0.05, 0.1) is 13.7 Å². The zero-order chi connectivity index (χ0) is 16.8. The molecule has 2 rings (SSSR count). The van der Waals surface area contributed by atoms with E-state index in [1.54, 1.807) is 31.4 Å². The quantitative estimate of drug-likeness (QED) is 0.810. The molecule has 1 atom stereocenters. The van der Waals surface area contributed by atoms with Crippen LogP contribution < -0.4 is 14.8 Å². The monoisotopic (exact) mass is 323 g/mol. The second kappa shape index (κ2) is 7.78. The maximum absolute atomic E-state index is 12.3. The minimum atomic E-state index is -2.85. The number of rotatable bonds is 7. The molecule has 2 N–H and O–H groups in total. The maximum Gasteiger partial charge on any atom is 0.387 e. The van der Waals surface area contributed by atoms with Gasteiger partial charge in [-0.25, -0.2) is 0 Å². The highest BCUT2D eigenvalue weighted by Gasteiger charge is 2.10. The summed E-state index contributed by atoms with van der Waals surface area (Å²) in [6.07, 6.45) is 0. The van der Waals surface area contributed by atoms with E-state index in [-0.39, 0.29) is 18.4 Å². The van der Waals surface area contributed by atoms with Crippen molar-refractivity contribution in [1.82, 2.24) is 0 Å². The number of anilines is 1. The van der Waals surface area contributed by atoms with E-state index in [9.17, 15) is 13.9 Å². The summed E-state index contributed by atoms with van der Waals surface area (Å²) < 4.78 is 34.1. The molecule has 2 aromatic carbocycles. The van der Waals surface area contributed by atoms with Crippen molar-refractivity contribution in [1.29, 1.82) is 0 Å². The molecule has 0 bridgehead atoms. The number of halogens is 2. The SMILES string of the molecule is COc1ccc(NC(C)c2cccc(OC(F)F)c2)cc1CO. The van der Waals surface area contributed by atoms with Gasteiger partial charge >= 0.3 is 6.61 Å². The summed E-state index contributed by atoms with van der Waals surface area (Å²) in [7, 11) is 1.54. The lowest BCUT2D eigenvalue weighted by molar-refractivity contribution is -0.0498.